The van der Waals surface area contributed by atoms with Crippen molar-refractivity contribution in [3.8, 4) is 0 Å². The molecular formula is C18H16ClFN4OS2. The summed E-state index contributed by atoms with van der Waals surface area (Å²) in [4.78, 5) is 12.4. The highest BCUT2D eigenvalue weighted by Crippen LogP contribution is 2.31. The Morgan fingerprint density at radius 2 is 2.00 bits per heavy atom. The molecule has 0 fully saturated rings. The maximum atomic E-state index is 13.7. The van der Waals surface area contributed by atoms with Crippen molar-refractivity contribution in [2.24, 2.45) is 0 Å². The standard InChI is InChI=1S/C18H16ClFN4OS2/c1-10-7-8-12(19)9-15(10)21-16(25)11(2)26-18-24-23-17(27-18)22-14-6-4-3-5-13(14)20/h3-9,11H,1-2H3,(H,21,25)(H,22,23). The molecule has 140 valence electrons. The molecule has 3 aromatic rings. The molecule has 0 radical (unpaired) electrons. The summed E-state index contributed by atoms with van der Waals surface area (Å²) in [6, 6.07) is 11.7. The predicted octanol–water partition coefficient (Wildman–Crippen LogP) is 5.50. The Labute approximate surface area is 169 Å². The molecule has 0 spiro atoms. The van der Waals surface area contributed by atoms with Crippen molar-refractivity contribution in [1.82, 2.24) is 10.2 Å². The molecule has 1 atom stereocenters. The van der Waals surface area contributed by atoms with Gasteiger partial charge in [0, 0.05) is 10.7 Å². The van der Waals surface area contributed by atoms with E-state index >= 15 is 0 Å². The second-order valence-corrected chi connectivity index (χ2v) is 8.69. The Kier molecular flexibility index (Phi) is 6.30. The molecule has 0 aliphatic rings. The quantitative estimate of drug-likeness (QED) is 0.513. The van der Waals surface area contributed by atoms with Gasteiger partial charge in [-0.05, 0) is 43.7 Å². The van der Waals surface area contributed by atoms with Crippen LogP contribution in [0.1, 0.15) is 12.5 Å². The first-order valence-electron chi connectivity index (χ1n) is 8.01. The Balaban J connectivity index is 1.62. The van der Waals surface area contributed by atoms with Crippen LogP contribution in [0.25, 0.3) is 0 Å². The molecular weight excluding hydrogens is 407 g/mol. The minimum absolute atomic E-state index is 0.163. The minimum Gasteiger partial charge on any atom is -0.328 e. The normalized spacial score (nSPS) is 11.9. The van der Waals surface area contributed by atoms with Crippen LogP contribution in [-0.4, -0.2) is 21.4 Å². The molecule has 5 nitrogen and oxygen atoms in total. The monoisotopic (exact) mass is 422 g/mol. The number of halogens is 2. The van der Waals surface area contributed by atoms with E-state index in [2.05, 4.69) is 20.8 Å². The molecule has 0 aliphatic carbocycles. The Hall–Kier alpha value is -2.16. The molecule has 2 aromatic carbocycles. The molecule has 3 rings (SSSR count). The van der Waals surface area contributed by atoms with Crippen molar-refractivity contribution < 1.29 is 9.18 Å². The number of benzene rings is 2. The van der Waals surface area contributed by atoms with E-state index in [0.717, 1.165) is 5.56 Å². The van der Waals surface area contributed by atoms with Crippen LogP contribution < -0.4 is 10.6 Å². The van der Waals surface area contributed by atoms with Gasteiger partial charge in [0.25, 0.3) is 0 Å². The molecule has 0 saturated heterocycles. The van der Waals surface area contributed by atoms with Gasteiger partial charge in [-0.25, -0.2) is 4.39 Å². The number of para-hydroxylation sites is 1. The van der Waals surface area contributed by atoms with Gasteiger partial charge in [-0.15, -0.1) is 10.2 Å². The number of hydrogen-bond acceptors (Lipinski definition) is 6. The Bertz CT molecular complexity index is 966. The topological polar surface area (TPSA) is 66.9 Å². The number of hydrogen-bond donors (Lipinski definition) is 2. The summed E-state index contributed by atoms with van der Waals surface area (Å²) in [5.41, 5.74) is 1.93. The lowest BCUT2D eigenvalue weighted by atomic mass is 10.2. The van der Waals surface area contributed by atoms with E-state index in [9.17, 15) is 9.18 Å². The van der Waals surface area contributed by atoms with Gasteiger partial charge in [0.05, 0.1) is 10.9 Å². The lowest BCUT2D eigenvalue weighted by molar-refractivity contribution is -0.115. The van der Waals surface area contributed by atoms with E-state index in [1.165, 1.54) is 29.2 Å². The van der Waals surface area contributed by atoms with Crippen molar-refractivity contribution in [3.05, 3.63) is 58.9 Å². The third-order valence-electron chi connectivity index (χ3n) is 3.63. The number of anilines is 3. The fourth-order valence-corrected chi connectivity index (χ4v) is 4.23. The van der Waals surface area contributed by atoms with E-state index < -0.39 is 5.25 Å². The number of carbonyl (C=O) groups excluding carboxylic acids is 1. The number of rotatable bonds is 6. The summed E-state index contributed by atoms with van der Waals surface area (Å²) in [5.74, 6) is -0.532. The van der Waals surface area contributed by atoms with Gasteiger partial charge in [-0.1, -0.05) is 52.9 Å². The maximum absolute atomic E-state index is 13.7. The summed E-state index contributed by atoms with van der Waals surface area (Å²) < 4.78 is 14.3. The highest BCUT2D eigenvalue weighted by Gasteiger charge is 2.18. The molecule has 1 amide bonds. The van der Waals surface area contributed by atoms with Crippen LogP contribution in [0, 0.1) is 12.7 Å². The third-order valence-corrected chi connectivity index (χ3v) is 5.88. The molecule has 0 saturated carbocycles. The molecule has 1 aromatic heterocycles. The second-order valence-electron chi connectivity index (χ2n) is 5.69. The highest BCUT2D eigenvalue weighted by molar-refractivity contribution is 8.02. The first kappa shape index (κ1) is 19.6. The third kappa shape index (κ3) is 5.18. The predicted molar refractivity (Wildman–Crippen MR) is 110 cm³/mol. The number of carbonyl (C=O) groups is 1. The number of aromatic nitrogens is 2. The summed E-state index contributed by atoms with van der Waals surface area (Å²) >= 11 is 8.52. The summed E-state index contributed by atoms with van der Waals surface area (Å²) in [6.07, 6.45) is 0. The van der Waals surface area contributed by atoms with Gasteiger partial charge in [0.2, 0.25) is 11.0 Å². The molecule has 0 bridgehead atoms. The molecule has 2 N–H and O–H groups in total. The number of amides is 1. The number of thioether (sulfide) groups is 1. The summed E-state index contributed by atoms with van der Waals surface area (Å²) in [6.45, 7) is 3.68. The van der Waals surface area contributed by atoms with Gasteiger partial charge in [0.15, 0.2) is 4.34 Å². The van der Waals surface area contributed by atoms with Crippen LogP contribution >= 0.6 is 34.7 Å². The van der Waals surface area contributed by atoms with Crippen molar-refractivity contribution in [2.75, 3.05) is 10.6 Å². The van der Waals surface area contributed by atoms with E-state index in [1.807, 2.05) is 13.0 Å². The van der Waals surface area contributed by atoms with E-state index in [1.54, 1.807) is 37.3 Å². The van der Waals surface area contributed by atoms with Crippen LogP contribution in [0.15, 0.2) is 46.8 Å². The zero-order valence-electron chi connectivity index (χ0n) is 14.5. The van der Waals surface area contributed by atoms with Gasteiger partial charge >= 0.3 is 0 Å². The lowest BCUT2D eigenvalue weighted by Crippen LogP contribution is -2.22. The highest BCUT2D eigenvalue weighted by atomic mass is 35.5. The van der Waals surface area contributed by atoms with Crippen LogP contribution in [0.5, 0.6) is 0 Å². The van der Waals surface area contributed by atoms with Crippen molar-refractivity contribution in [3.63, 3.8) is 0 Å². The zero-order chi connectivity index (χ0) is 19.4. The Morgan fingerprint density at radius 3 is 2.78 bits per heavy atom. The molecule has 1 heterocycles. The van der Waals surface area contributed by atoms with Crippen LogP contribution in [0.2, 0.25) is 5.02 Å². The van der Waals surface area contributed by atoms with E-state index in [-0.39, 0.29) is 11.7 Å². The number of nitrogens with one attached hydrogen (secondary N) is 2. The first-order valence-corrected chi connectivity index (χ1v) is 10.1. The molecule has 0 aliphatic heterocycles. The average Bonchev–Trinajstić information content (AvgIpc) is 3.07. The van der Waals surface area contributed by atoms with Crippen LogP contribution in [0.3, 0.4) is 0 Å². The number of nitrogens with zero attached hydrogens (tertiary/aromatic N) is 2. The zero-order valence-corrected chi connectivity index (χ0v) is 16.9. The largest absolute Gasteiger partial charge is 0.328 e. The van der Waals surface area contributed by atoms with Gasteiger partial charge < -0.3 is 10.6 Å². The van der Waals surface area contributed by atoms with Gasteiger partial charge in [0.1, 0.15) is 5.82 Å². The van der Waals surface area contributed by atoms with E-state index in [4.69, 9.17) is 11.6 Å². The first-order chi connectivity index (χ1) is 12.9. The van der Waals surface area contributed by atoms with Gasteiger partial charge in [-0.2, -0.15) is 0 Å². The summed E-state index contributed by atoms with van der Waals surface area (Å²) in [7, 11) is 0. The van der Waals surface area contributed by atoms with Crippen molar-refractivity contribution >= 4 is 57.1 Å². The lowest BCUT2D eigenvalue weighted by Gasteiger charge is -2.12. The van der Waals surface area contributed by atoms with Crippen LogP contribution in [0.4, 0.5) is 20.9 Å². The average molecular weight is 423 g/mol. The van der Waals surface area contributed by atoms with Crippen LogP contribution in [-0.2, 0) is 4.79 Å². The van der Waals surface area contributed by atoms with E-state index in [0.29, 0.717) is 25.9 Å². The molecule has 1 unspecified atom stereocenters. The maximum Gasteiger partial charge on any atom is 0.237 e. The fourth-order valence-electron chi connectivity index (χ4n) is 2.15. The summed E-state index contributed by atoms with van der Waals surface area (Å²) in [5, 5.41) is 14.4. The van der Waals surface area contributed by atoms with Crippen molar-refractivity contribution in [2.45, 2.75) is 23.4 Å². The van der Waals surface area contributed by atoms with Gasteiger partial charge in [-0.3, -0.25) is 4.79 Å². The smallest absolute Gasteiger partial charge is 0.237 e. The second kappa shape index (κ2) is 8.69. The fraction of sp³-hybridized carbons (Fsp3) is 0.167. The Morgan fingerprint density at radius 1 is 1.22 bits per heavy atom. The number of aryl methyl sites for hydroxylation is 1. The SMILES string of the molecule is Cc1ccc(Cl)cc1NC(=O)C(C)Sc1nnc(Nc2ccccc2F)s1. The minimum atomic E-state index is -0.391. The molecule has 9 heteroatoms. The molecule has 27 heavy (non-hydrogen) atoms. The van der Waals surface area contributed by atoms with Crippen molar-refractivity contribution in [1.29, 1.82) is 0 Å².